The zero-order valence-corrected chi connectivity index (χ0v) is 10.9. The average Bonchev–Trinajstić information content (AvgIpc) is 2.79. The van der Waals surface area contributed by atoms with Crippen molar-refractivity contribution < 1.29 is 22.4 Å². The Labute approximate surface area is 106 Å². The third kappa shape index (κ3) is 2.50. The van der Waals surface area contributed by atoms with Gasteiger partial charge in [0.2, 0.25) is 0 Å². The van der Waals surface area contributed by atoms with Gasteiger partial charge in [-0.1, -0.05) is 18.2 Å². The third-order valence-corrected chi connectivity index (χ3v) is 4.72. The van der Waals surface area contributed by atoms with Crippen molar-refractivity contribution in [2.45, 2.75) is 24.7 Å². The molecule has 1 aromatic carbocycles. The van der Waals surface area contributed by atoms with Crippen LogP contribution in [0.3, 0.4) is 0 Å². The highest BCUT2D eigenvalue weighted by molar-refractivity contribution is 7.87. The van der Waals surface area contributed by atoms with E-state index < -0.39 is 21.5 Å². The summed E-state index contributed by atoms with van der Waals surface area (Å²) in [5, 5.41) is 9.01. The van der Waals surface area contributed by atoms with Crippen molar-refractivity contribution in [3.05, 3.63) is 29.8 Å². The van der Waals surface area contributed by atoms with E-state index in [-0.39, 0.29) is 12.4 Å². The van der Waals surface area contributed by atoms with Gasteiger partial charge < -0.3 is 9.84 Å². The average molecular weight is 272 g/mol. The van der Waals surface area contributed by atoms with E-state index >= 15 is 0 Å². The van der Waals surface area contributed by atoms with Crippen molar-refractivity contribution >= 4 is 10.1 Å². The van der Waals surface area contributed by atoms with Crippen molar-refractivity contribution in [3.8, 4) is 5.75 Å². The van der Waals surface area contributed by atoms with Gasteiger partial charge in [0.15, 0.2) is 0 Å². The maximum absolute atomic E-state index is 11.9. The van der Waals surface area contributed by atoms with E-state index in [2.05, 4.69) is 0 Å². The molecular formula is C12H16O5S. The molecule has 5 nitrogen and oxygen atoms in total. The molecule has 0 radical (unpaired) electrons. The Morgan fingerprint density at radius 1 is 1.44 bits per heavy atom. The molecule has 2 unspecified atom stereocenters. The smallest absolute Gasteiger partial charge is 0.273 e. The van der Waals surface area contributed by atoms with Gasteiger partial charge in [0.05, 0.1) is 6.61 Å². The molecule has 1 aliphatic rings. The zero-order valence-electron chi connectivity index (χ0n) is 10.1. The maximum Gasteiger partial charge on any atom is 0.273 e. The minimum absolute atomic E-state index is 0.0427. The van der Waals surface area contributed by atoms with Gasteiger partial charge in [-0.15, -0.1) is 0 Å². The first kappa shape index (κ1) is 13.3. The molecule has 1 aliphatic heterocycles. The summed E-state index contributed by atoms with van der Waals surface area (Å²) in [5.74, 6) is 0.0427. The van der Waals surface area contributed by atoms with Crippen LogP contribution in [0.25, 0.3) is 0 Å². The highest BCUT2D eigenvalue weighted by Crippen LogP contribution is 2.38. The van der Waals surface area contributed by atoms with Crippen LogP contribution in [-0.2, 0) is 19.0 Å². The van der Waals surface area contributed by atoms with Crippen LogP contribution in [0, 0.1) is 0 Å². The van der Waals surface area contributed by atoms with Crippen LogP contribution in [-0.4, -0.2) is 32.0 Å². The summed E-state index contributed by atoms with van der Waals surface area (Å²) >= 11 is 0. The van der Waals surface area contributed by atoms with Gasteiger partial charge in [0.25, 0.3) is 10.1 Å². The largest absolute Gasteiger partial charge is 0.508 e. The van der Waals surface area contributed by atoms with Crippen LogP contribution in [0.15, 0.2) is 24.3 Å². The summed E-state index contributed by atoms with van der Waals surface area (Å²) in [5.41, 5.74) is 0.489. The molecule has 0 spiro atoms. The number of rotatable bonds is 4. The first-order chi connectivity index (χ1) is 8.56. The van der Waals surface area contributed by atoms with E-state index in [0.29, 0.717) is 18.6 Å². The molecule has 1 fully saturated rings. The van der Waals surface area contributed by atoms with E-state index in [4.69, 9.17) is 8.92 Å². The monoisotopic (exact) mass is 272 g/mol. The van der Waals surface area contributed by atoms with Gasteiger partial charge in [-0.05, 0) is 19.4 Å². The van der Waals surface area contributed by atoms with Crippen molar-refractivity contribution in [3.63, 3.8) is 0 Å². The van der Waals surface area contributed by atoms with E-state index in [0.717, 1.165) is 0 Å². The highest BCUT2D eigenvalue weighted by atomic mass is 32.2. The molecule has 100 valence electrons. The van der Waals surface area contributed by atoms with Crippen molar-refractivity contribution in [1.29, 1.82) is 0 Å². The van der Waals surface area contributed by atoms with Gasteiger partial charge in [-0.3, -0.25) is 4.18 Å². The summed E-state index contributed by atoms with van der Waals surface area (Å²) in [6, 6.07) is 6.60. The van der Waals surface area contributed by atoms with Gasteiger partial charge in [0.1, 0.15) is 17.1 Å². The Balaban J connectivity index is 2.31. The van der Waals surface area contributed by atoms with E-state index in [9.17, 15) is 13.5 Å². The lowest BCUT2D eigenvalue weighted by Gasteiger charge is -2.19. The predicted octanol–water partition coefficient (Wildman–Crippen LogP) is 1.59. The maximum atomic E-state index is 11.9. The number of phenolic OH excluding ortho intramolecular Hbond substituents is 1. The second-order valence-electron chi connectivity index (χ2n) is 4.08. The number of benzene rings is 1. The summed E-state index contributed by atoms with van der Waals surface area (Å²) in [6.07, 6.45) is -0.288. The fourth-order valence-corrected chi connectivity index (χ4v) is 3.55. The lowest BCUT2D eigenvalue weighted by Crippen LogP contribution is -2.26. The number of hydrogen-bond acceptors (Lipinski definition) is 5. The SMILES string of the molecule is CCOS(=O)(=O)C1CCOC1c1ccccc1O. The lowest BCUT2D eigenvalue weighted by molar-refractivity contribution is 0.109. The molecule has 0 aromatic heterocycles. The molecule has 1 saturated heterocycles. The summed E-state index contributed by atoms with van der Waals surface area (Å²) in [7, 11) is -3.66. The van der Waals surface area contributed by atoms with Crippen molar-refractivity contribution in [2.75, 3.05) is 13.2 Å². The Hall–Kier alpha value is -1.11. The Kier molecular flexibility index (Phi) is 3.89. The predicted molar refractivity (Wildman–Crippen MR) is 65.8 cm³/mol. The molecule has 0 amide bonds. The number of phenols is 1. The molecule has 1 N–H and O–H groups in total. The van der Waals surface area contributed by atoms with Crippen molar-refractivity contribution in [1.82, 2.24) is 0 Å². The normalized spacial score (nSPS) is 24.3. The fraction of sp³-hybridized carbons (Fsp3) is 0.500. The quantitative estimate of drug-likeness (QED) is 0.843. The number of ether oxygens (including phenoxy) is 1. The van der Waals surface area contributed by atoms with Crippen LogP contribution in [0.4, 0.5) is 0 Å². The van der Waals surface area contributed by atoms with Gasteiger partial charge in [-0.2, -0.15) is 8.42 Å². The standard InChI is InChI=1S/C12H16O5S/c1-2-17-18(14,15)11-7-8-16-12(11)9-5-3-4-6-10(9)13/h3-6,11-13H,2,7-8H2,1H3. The van der Waals surface area contributed by atoms with E-state index in [1.165, 1.54) is 6.07 Å². The topological polar surface area (TPSA) is 72.8 Å². The van der Waals surface area contributed by atoms with Gasteiger partial charge in [-0.25, -0.2) is 0 Å². The second-order valence-corrected chi connectivity index (χ2v) is 5.90. The van der Waals surface area contributed by atoms with Crippen LogP contribution in [0.5, 0.6) is 5.75 Å². The molecule has 0 bridgehead atoms. The van der Waals surface area contributed by atoms with Crippen molar-refractivity contribution in [2.24, 2.45) is 0 Å². The molecule has 18 heavy (non-hydrogen) atoms. The fourth-order valence-electron chi connectivity index (χ4n) is 2.14. The minimum Gasteiger partial charge on any atom is -0.508 e. The Bertz CT molecular complexity index is 511. The van der Waals surface area contributed by atoms with Crippen LogP contribution >= 0.6 is 0 Å². The third-order valence-electron chi connectivity index (χ3n) is 2.93. The van der Waals surface area contributed by atoms with E-state index in [1.807, 2.05) is 0 Å². The zero-order chi connectivity index (χ0) is 13.2. The molecular weight excluding hydrogens is 256 g/mol. The van der Waals surface area contributed by atoms with Crippen LogP contribution in [0.1, 0.15) is 25.0 Å². The van der Waals surface area contributed by atoms with Crippen LogP contribution < -0.4 is 0 Å². The summed E-state index contributed by atoms with van der Waals surface area (Å²) in [4.78, 5) is 0. The Morgan fingerprint density at radius 2 is 2.17 bits per heavy atom. The van der Waals surface area contributed by atoms with Gasteiger partial charge in [0, 0.05) is 12.2 Å². The molecule has 0 saturated carbocycles. The number of aromatic hydroxyl groups is 1. The highest BCUT2D eigenvalue weighted by Gasteiger charge is 2.41. The minimum atomic E-state index is -3.66. The molecule has 2 atom stereocenters. The van der Waals surface area contributed by atoms with E-state index in [1.54, 1.807) is 25.1 Å². The molecule has 6 heteroatoms. The molecule has 0 aliphatic carbocycles. The molecule has 2 rings (SSSR count). The number of hydrogen-bond donors (Lipinski definition) is 1. The summed E-state index contributed by atoms with van der Waals surface area (Å²) in [6.45, 7) is 2.07. The van der Waals surface area contributed by atoms with Crippen LogP contribution in [0.2, 0.25) is 0 Å². The molecule has 1 heterocycles. The Morgan fingerprint density at radius 3 is 2.83 bits per heavy atom. The lowest BCUT2D eigenvalue weighted by atomic mass is 10.1. The summed E-state index contributed by atoms with van der Waals surface area (Å²) < 4.78 is 34.1. The van der Waals surface area contributed by atoms with Gasteiger partial charge >= 0.3 is 0 Å². The first-order valence-electron chi connectivity index (χ1n) is 5.84. The number of para-hydroxylation sites is 1. The second kappa shape index (κ2) is 5.26. The molecule has 1 aromatic rings. The first-order valence-corrected chi connectivity index (χ1v) is 7.31.